The van der Waals surface area contributed by atoms with Crippen molar-refractivity contribution in [2.24, 2.45) is 5.73 Å². The molecule has 0 atom stereocenters. The second-order valence-electron chi connectivity index (χ2n) is 3.30. The van der Waals surface area contributed by atoms with Gasteiger partial charge in [-0.25, -0.2) is 9.97 Å². The predicted molar refractivity (Wildman–Crippen MR) is 63.5 cm³/mol. The Balaban J connectivity index is 2.99. The summed E-state index contributed by atoms with van der Waals surface area (Å²) in [4.78, 5) is 21.0. The number of aryl methyl sites for hydroxylation is 1. The molecule has 0 radical (unpaired) electrons. The van der Waals surface area contributed by atoms with Crippen LogP contribution >= 0.6 is 11.6 Å². The molecule has 5 nitrogen and oxygen atoms in total. The molecule has 16 heavy (non-hydrogen) atoms. The molecule has 1 aromatic rings. The highest BCUT2D eigenvalue weighted by Crippen LogP contribution is 2.15. The molecule has 0 bridgehead atoms. The van der Waals surface area contributed by atoms with Crippen LogP contribution in [0, 0.1) is 0 Å². The van der Waals surface area contributed by atoms with Crippen molar-refractivity contribution < 1.29 is 4.79 Å². The van der Waals surface area contributed by atoms with Crippen LogP contribution in [0.3, 0.4) is 0 Å². The van der Waals surface area contributed by atoms with Crippen molar-refractivity contribution in [3.63, 3.8) is 0 Å². The highest BCUT2D eigenvalue weighted by Gasteiger charge is 2.11. The average molecular weight is 243 g/mol. The minimum Gasteiger partial charge on any atom is -0.368 e. The molecule has 88 valence electrons. The van der Waals surface area contributed by atoms with Crippen molar-refractivity contribution in [2.45, 2.75) is 20.3 Å². The zero-order valence-corrected chi connectivity index (χ0v) is 10.2. The molecule has 1 aromatic heterocycles. The first-order valence-electron chi connectivity index (χ1n) is 5.13. The van der Waals surface area contributed by atoms with E-state index in [1.807, 2.05) is 13.8 Å². The Kier molecular flexibility index (Phi) is 4.49. The molecule has 0 aliphatic rings. The highest BCUT2D eigenvalue weighted by atomic mass is 35.5. The SMILES string of the molecule is CCc1nc(Cl)cc(N(CC)CC(N)=O)n1. The number of carbonyl (C=O) groups excluding carboxylic acids is 1. The maximum atomic E-state index is 10.9. The second kappa shape index (κ2) is 5.65. The molecule has 6 heteroatoms. The lowest BCUT2D eigenvalue weighted by Crippen LogP contribution is -2.34. The van der Waals surface area contributed by atoms with E-state index >= 15 is 0 Å². The van der Waals surface area contributed by atoms with Gasteiger partial charge in [0, 0.05) is 19.0 Å². The molecule has 1 rings (SSSR count). The summed E-state index contributed by atoms with van der Waals surface area (Å²) in [5, 5.41) is 0.379. The number of nitrogens with two attached hydrogens (primary N) is 1. The molecule has 0 unspecified atom stereocenters. The largest absolute Gasteiger partial charge is 0.368 e. The minimum atomic E-state index is -0.394. The van der Waals surface area contributed by atoms with Crippen LogP contribution in [0.5, 0.6) is 0 Å². The van der Waals surface area contributed by atoms with Gasteiger partial charge >= 0.3 is 0 Å². The van der Waals surface area contributed by atoms with Crippen molar-refractivity contribution in [3.8, 4) is 0 Å². The van der Waals surface area contributed by atoms with Crippen LogP contribution in [0.25, 0.3) is 0 Å². The van der Waals surface area contributed by atoms with Gasteiger partial charge in [-0.3, -0.25) is 4.79 Å². The summed E-state index contributed by atoms with van der Waals surface area (Å²) >= 11 is 5.87. The Labute approximate surface area is 99.6 Å². The fraction of sp³-hybridized carbons (Fsp3) is 0.500. The standard InChI is InChI=1S/C10H15ClN4O/c1-3-9-13-7(11)5-10(14-9)15(4-2)6-8(12)16/h5H,3-4,6H2,1-2H3,(H2,12,16). The van der Waals surface area contributed by atoms with Crippen LogP contribution in [0.1, 0.15) is 19.7 Å². The number of halogens is 1. The zero-order valence-electron chi connectivity index (χ0n) is 9.40. The van der Waals surface area contributed by atoms with E-state index in [4.69, 9.17) is 17.3 Å². The molecular formula is C10H15ClN4O. The first-order chi connectivity index (χ1) is 7.56. The molecular weight excluding hydrogens is 228 g/mol. The van der Waals surface area contributed by atoms with E-state index in [0.29, 0.717) is 29.8 Å². The van der Waals surface area contributed by atoms with Crippen LogP contribution < -0.4 is 10.6 Å². The van der Waals surface area contributed by atoms with E-state index in [2.05, 4.69) is 9.97 Å². The van der Waals surface area contributed by atoms with Crippen LogP contribution in [-0.2, 0) is 11.2 Å². The molecule has 0 aliphatic carbocycles. The Morgan fingerprint density at radius 1 is 1.50 bits per heavy atom. The van der Waals surface area contributed by atoms with Gasteiger partial charge in [0.25, 0.3) is 0 Å². The molecule has 0 aliphatic heterocycles. The number of anilines is 1. The summed E-state index contributed by atoms with van der Waals surface area (Å²) in [5.74, 6) is 0.901. The fourth-order valence-corrected chi connectivity index (χ4v) is 1.51. The summed E-state index contributed by atoms with van der Waals surface area (Å²) in [5.41, 5.74) is 5.16. The summed E-state index contributed by atoms with van der Waals surface area (Å²) < 4.78 is 0. The normalized spacial score (nSPS) is 10.2. The fourth-order valence-electron chi connectivity index (χ4n) is 1.31. The number of hydrogen-bond donors (Lipinski definition) is 1. The Hall–Kier alpha value is -1.36. The third kappa shape index (κ3) is 3.34. The summed E-state index contributed by atoms with van der Waals surface area (Å²) in [6.45, 7) is 4.64. The Morgan fingerprint density at radius 2 is 2.19 bits per heavy atom. The van der Waals surface area contributed by atoms with Crippen LogP contribution in [-0.4, -0.2) is 29.0 Å². The molecule has 0 saturated carbocycles. The van der Waals surface area contributed by atoms with Gasteiger partial charge in [0.1, 0.15) is 16.8 Å². The first-order valence-corrected chi connectivity index (χ1v) is 5.51. The van der Waals surface area contributed by atoms with Gasteiger partial charge in [0.05, 0.1) is 6.54 Å². The van der Waals surface area contributed by atoms with Crippen LogP contribution in [0.15, 0.2) is 6.07 Å². The van der Waals surface area contributed by atoms with Crippen molar-refractivity contribution in [1.29, 1.82) is 0 Å². The van der Waals surface area contributed by atoms with Crippen molar-refractivity contribution in [3.05, 3.63) is 17.0 Å². The summed E-state index contributed by atoms with van der Waals surface area (Å²) in [6, 6.07) is 1.63. The number of amides is 1. The molecule has 0 fully saturated rings. The van der Waals surface area contributed by atoms with Crippen LogP contribution in [0.4, 0.5) is 5.82 Å². The van der Waals surface area contributed by atoms with Gasteiger partial charge in [-0.2, -0.15) is 0 Å². The van der Waals surface area contributed by atoms with E-state index in [0.717, 1.165) is 0 Å². The smallest absolute Gasteiger partial charge is 0.236 e. The maximum absolute atomic E-state index is 10.9. The number of aromatic nitrogens is 2. The van der Waals surface area contributed by atoms with Gasteiger partial charge < -0.3 is 10.6 Å². The van der Waals surface area contributed by atoms with Gasteiger partial charge in [-0.1, -0.05) is 18.5 Å². The molecule has 1 heterocycles. The molecule has 2 N–H and O–H groups in total. The third-order valence-corrected chi connectivity index (χ3v) is 2.29. The number of carbonyl (C=O) groups is 1. The molecule has 0 spiro atoms. The van der Waals surface area contributed by atoms with Crippen molar-refractivity contribution in [2.75, 3.05) is 18.0 Å². The summed E-state index contributed by atoms with van der Waals surface area (Å²) in [6.07, 6.45) is 0.696. The highest BCUT2D eigenvalue weighted by molar-refractivity contribution is 6.29. The number of rotatable bonds is 5. The van der Waals surface area contributed by atoms with Gasteiger partial charge in [0.2, 0.25) is 5.91 Å². The van der Waals surface area contributed by atoms with Crippen molar-refractivity contribution in [1.82, 2.24) is 9.97 Å². The minimum absolute atomic E-state index is 0.132. The van der Waals surface area contributed by atoms with E-state index in [9.17, 15) is 4.79 Å². The Bertz CT molecular complexity index is 383. The zero-order chi connectivity index (χ0) is 12.1. The first kappa shape index (κ1) is 12.7. The molecule has 0 aromatic carbocycles. The third-order valence-electron chi connectivity index (χ3n) is 2.10. The van der Waals surface area contributed by atoms with E-state index in [1.165, 1.54) is 0 Å². The quantitative estimate of drug-likeness (QED) is 0.782. The lowest BCUT2D eigenvalue weighted by molar-refractivity contribution is -0.116. The van der Waals surface area contributed by atoms with Gasteiger partial charge in [-0.15, -0.1) is 0 Å². The van der Waals surface area contributed by atoms with Crippen LogP contribution in [0.2, 0.25) is 5.15 Å². The van der Waals surface area contributed by atoms with Crippen molar-refractivity contribution >= 4 is 23.3 Å². The number of primary amides is 1. The number of likely N-dealkylation sites (N-methyl/N-ethyl adjacent to an activating group) is 1. The topological polar surface area (TPSA) is 72.1 Å². The number of nitrogens with zero attached hydrogens (tertiary/aromatic N) is 3. The maximum Gasteiger partial charge on any atom is 0.236 e. The predicted octanol–water partition coefficient (Wildman–Crippen LogP) is 1.00. The lowest BCUT2D eigenvalue weighted by Gasteiger charge is -2.20. The molecule has 0 saturated heterocycles. The average Bonchev–Trinajstić information content (AvgIpc) is 2.24. The van der Waals surface area contributed by atoms with E-state index < -0.39 is 5.91 Å². The van der Waals surface area contributed by atoms with E-state index in [-0.39, 0.29) is 6.54 Å². The van der Waals surface area contributed by atoms with Gasteiger partial charge in [0.15, 0.2) is 0 Å². The van der Waals surface area contributed by atoms with E-state index in [1.54, 1.807) is 11.0 Å². The Morgan fingerprint density at radius 3 is 2.69 bits per heavy atom. The monoisotopic (exact) mass is 242 g/mol. The summed E-state index contributed by atoms with van der Waals surface area (Å²) in [7, 11) is 0. The molecule has 1 amide bonds. The van der Waals surface area contributed by atoms with Gasteiger partial charge in [-0.05, 0) is 6.92 Å². The lowest BCUT2D eigenvalue weighted by atomic mass is 10.4. The second-order valence-corrected chi connectivity index (χ2v) is 3.69. The number of hydrogen-bond acceptors (Lipinski definition) is 4.